The first kappa shape index (κ1) is 14.1. The molecule has 0 aliphatic carbocycles. The van der Waals surface area contributed by atoms with Gasteiger partial charge in [0.2, 0.25) is 0 Å². The Morgan fingerprint density at radius 3 is 2.68 bits per heavy atom. The molecule has 2 rings (SSSR count). The quantitative estimate of drug-likeness (QED) is 0.765. The number of rotatable bonds is 2. The molecule has 1 N–H and O–H groups in total. The van der Waals surface area contributed by atoms with Crippen LogP contribution in [-0.4, -0.2) is 79.0 Å². The number of methoxy groups -OCH3 is 1. The summed E-state index contributed by atoms with van der Waals surface area (Å²) in [6.07, 6.45) is 1.03. The Balaban J connectivity index is 1.93. The maximum absolute atomic E-state index is 12.3. The summed E-state index contributed by atoms with van der Waals surface area (Å²) in [5.74, 6) is -1.02. The number of carbonyl (C=O) groups is 2. The van der Waals surface area contributed by atoms with Crippen molar-refractivity contribution in [3.05, 3.63) is 0 Å². The predicted molar refractivity (Wildman–Crippen MR) is 65.9 cm³/mol. The molecular weight excluding hydrogens is 252 g/mol. The van der Waals surface area contributed by atoms with Gasteiger partial charge in [-0.25, -0.2) is 9.59 Å². The van der Waals surface area contributed by atoms with Crippen molar-refractivity contribution in [1.82, 2.24) is 9.80 Å². The molecule has 7 nitrogen and oxygen atoms in total. The van der Waals surface area contributed by atoms with Crippen molar-refractivity contribution in [1.29, 1.82) is 0 Å². The van der Waals surface area contributed by atoms with Gasteiger partial charge in [-0.05, 0) is 12.8 Å². The van der Waals surface area contributed by atoms with Gasteiger partial charge in [-0.15, -0.1) is 0 Å². The summed E-state index contributed by atoms with van der Waals surface area (Å²) in [5, 5.41) is 8.93. The number of urea groups is 1. The van der Waals surface area contributed by atoms with E-state index in [1.807, 2.05) is 0 Å². The lowest BCUT2D eigenvalue weighted by Crippen LogP contribution is -2.55. The molecule has 2 aliphatic heterocycles. The van der Waals surface area contributed by atoms with E-state index in [4.69, 9.17) is 14.6 Å². The lowest BCUT2D eigenvalue weighted by molar-refractivity contribution is -0.154. The Morgan fingerprint density at radius 1 is 1.26 bits per heavy atom. The third kappa shape index (κ3) is 3.36. The monoisotopic (exact) mass is 272 g/mol. The molecule has 0 bridgehead atoms. The number of aliphatic carboxylic acids is 1. The molecule has 0 aromatic heterocycles. The van der Waals surface area contributed by atoms with E-state index in [1.54, 1.807) is 16.9 Å². The first-order valence-electron chi connectivity index (χ1n) is 6.53. The summed E-state index contributed by atoms with van der Waals surface area (Å²) < 4.78 is 10.4. The molecule has 0 radical (unpaired) electrons. The Bertz CT molecular complexity index is 349. The number of carbonyl (C=O) groups excluding carboxylic acids is 1. The van der Waals surface area contributed by atoms with Gasteiger partial charge in [0.1, 0.15) is 0 Å². The van der Waals surface area contributed by atoms with Crippen LogP contribution in [0.2, 0.25) is 0 Å². The van der Waals surface area contributed by atoms with Crippen molar-refractivity contribution in [3.8, 4) is 0 Å². The van der Waals surface area contributed by atoms with Gasteiger partial charge in [0, 0.05) is 26.7 Å². The molecule has 2 saturated heterocycles. The van der Waals surface area contributed by atoms with Crippen molar-refractivity contribution >= 4 is 12.0 Å². The van der Waals surface area contributed by atoms with Gasteiger partial charge < -0.3 is 24.4 Å². The average Bonchev–Trinajstić information content (AvgIpc) is 2.46. The molecule has 0 aromatic rings. The number of amides is 2. The fourth-order valence-corrected chi connectivity index (χ4v) is 2.48. The van der Waals surface area contributed by atoms with Crippen LogP contribution in [0.3, 0.4) is 0 Å². The number of hydrogen-bond acceptors (Lipinski definition) is 4. The standard InChI is InChI=1S/C12H20N2O5/c1-18-9-3-2-4-13(7-9)12(17)14-5-6-19-10(8-14)11(15)16/h9-10H,2-8H2,1H3,(H,15,16). The normalized spacial score (nSPS) is 28.3. The molecular formula is C12H20N2O5. The lowest BCUT2D eigenvalue weighted by Gasteiger charge is -2.38. The molecule has 2 heterocycles. The smallest absolute Gasteiger partial charge is 0.334 e. The average molecular weight is 272 g/mol. The largest absolute Gasteiger partial charge is 0.479 e. The van der Waals surface area contributed by atoms with Crippen LogP contribution in [0.15, 0.2) is 0 Å². The summed E-state index contributed by atoms with van der Waals surface area (Å²) >= 11 is 0. The van der Waals surface area contributed by atoms with Gasteiger partial charge in [-0.1, -0.05) is 0 Å². The second-order valence-electron chi connectivity index (χ2n) is 4.87. The fourth-order valence-electron chi connectivity index (χ4n) is 2.48. The van der Waals surface area contributed by atoms with E-state index >= 15 is 0 Å². The molecule has 7 heteroatoms. The van der Waals surface area contributed by atoms with Crippen molar-refractivity contribution in [2.24, 2.45) is 0 Å². The predicted octanol–water partition coefficient (Wildman–Crippen LogP) is 0.00260. The van der Waals surface area contributed by atoms with Gasteiger partial charge >= 0.3 is 12.0 Å². The van der Waals surface area contributed by atoms with E-state index in [-0.39, 0.29) is 25.3 Å². The molecule has 19 heavy (non-hydrogen) atoms. The number of ether oxygens (including phenoxy) is 2. The first-order valence-corrected chi connectivity index (χ1v) is 6.53. The zero-order chi connectivity index (χ0) is 13.8. The SMILES string of the molecule is COC1CCCN(C(=O)N2CCOC(C(=O)O)C2)C1. The van der Waals surface area contributed by atoms with Crippen LogP contribution in [-0.2, 0) is 14.3 Å². The zero-order valence-electron chi connectivity index (χ0n) is 11.1. The van der Waals surface area contributed by atoms with Gasteiger partial charge in [0.25, 0.3) is 0 Å². The van der Waals surface area contributed by atoms with E-state index < -0.39 is 12.1 Å². The second-order valence-corrected chi connectivity index (χ2v) is 4.87. The maximum atomic E-state index is 12.3. The van der Waals surface area contributed by atoms with Crippen LogP contribution in [0.5, 0.6) is 0 Å². The van der Waals surface area contributed by atoms with Gasteiger partial charge in [0.05, 0.1) is 19.3 Å². The minimum absolute atomic E-state index is 0.0778. The van der Waals surface area contributed by atoms with Crippen LogP contribution in [0.25, 0.3) is 0 Å². The summed E-state index contributed by atoms with van der Waals surface area (Å²) in [7, 11) is 1.65. The van der Waals surface area contributed by atoms with E-state index in [0.29, 0.717) is 19.6 Å². The summed E-state index contributed by atoms with van der Waals surface area (Å²) in [4.78, 5) is 26.5. The minimum atomic E-state index is -1.02. The van der Waals surface area contributed by atoms with E-state index in [2.05, 4.69) is 0 Å². The maximum Gasteiger partial charge on any atom is 0.334 e. The Kier molecular flexibility index (Phi) is 4.60. The van der Waals surface area contributed by atoms with Gasteiger partial charge in [0.15, 0.2) is 6.10 Å². The highest BCUT2D eigenvalue weighted by Gasteiger charge is 2.33. The third-order valence-corrected chi connectivity index (χ3v) is 3.59. The van der Waals surface area contributed by atoms with E-state index in [9.17, 15) is 9.59 Å². The van der Waals surface area contributed by atoms with Crippen LogP contribution in [0, 0.1) is 0 Å². The molecule has 2 amide bonds. The van der Waals surface area contributed by atoms with Crippen molar-refractivity contribution in [2.75, 3.05) is 39.9 Å². The molecule has 2 atom stereocenters. The molecule has 2 aliphatic rings. The number of carboxylic acids is 1. The van der Waals surface area contributed by atoms with Gasteiger partial charge in [-0.3, -0.25) is 0 Å². The molecule has 108 valence electrons. The van der Waals surface area contributed by atoms with E-state index in [1.165, 1.54) is 0 Å². The minimum Gasteiger partial charge on any atom is -0.479 e. The summed E-state index contributed by atoms with van der Waals surface area (Å²) in [6.45, 7) is 2.10. The summed E-state index contributed by atoms with van der Waals surface area (Å²) in [6, 6.07) is -0.115. The molecule has 0 aromatic carbocycles. The topological polar surface area (TPSA) is 79.3 Å². The second kappa shape index (κ2) is 6.21. The third-order valence-electron chi connectivity index (χ3n) is 3.59. The number of carboxylic acid groups (broad SMARTS) is 1. The van der Waals surface area contributed by atoms with E-state index in [0.717, 1.165) is 12.8 Å². The molecule has 2 fully saturated rings. The Morgan fingerprint density at radius 2 is 2.00 bits per heavy atom. The number of nitrogens with zero attached hydrogens (tertiary/aromatic N) is 2. The Labute approximate surface area is 112 Å². The molecule has 0 spiro atoms. The fraction of sp³-hybridized carbons (Fsp3) is 0.833. The lowest BCUT2D eigenvalue weighted by atomic mass is 10.1. The molecule has 0 saturated carbocycles. The first-order chi connectivity index (χ1) is 9.11. The number of piperidine rings is 1. The number of hydrogen-bond donors (Lipinski definition) is 1. The van der Waals surface area contributed by atoms with Crippen LogP contribution >= 0.6 is 0 Å². The highest BCUT2D eigenvalue weighted by atomic mass is 16.5. The van der Waals surface area contributed by atoms with Crippen molar-refractivity contribution in [3.63, 3.8) is 0 Å². The number of likely N-dealkylation sites (tertiary alicyclic amines) is 1. The van der Waals surface area contributed by atoms with Crippen LogP contribution < -0.4 is 0 Å². The molecule has 2 unspecified atom stereocenters. The van der Waals surface area contributed by atoms with Crippen molar-refractivity contribution < 1.29 is 24.2 Å². The highest BCUT2D eigenvalue weighted by Crippen LogP contribution is 2.16. The zero-order valence-corrected chi connectivity index (χ0v) is 11.1. The van der Waals surface area contributed by atoms with Gasteiger partial charge in [-0.2, -0.15) is 0 Å². The van der Waals surface area contributed by atoms with Crippen LogP contribution in [0.4, 0.5) is 4.79 Å². The summed E-state index contributed by atoms with van der Waals surface area (Å²) in [5.41, 5.74) is 0. The number of morpholine rings is 1. The van der Waals surface area contributed by atoms with Crippen LogP contribution in [0.1, 0.15) is 12.8 Å². The van der Waals surface area contributed by atoms with Crippen molar-refractivity contribution in [2.45, 2.75) is 25.0 Å². The Hall–Kier alpha value is -1.34. The highest BCUT2D eigenvalue weighted by molar-refractivity contribution is 5.77.